The molecule has 1 amide bonds. The van der Waals surface area contributed by atoms with E-state index in [-0.39, 0.29) is 5.91 Å². The summed E-state index contributed by atoms with van der Waals surface area (Å²) < 4.78 is 5.21. The molecule has 0 aliphatic carbocycles. The standard InChI is InChI=1S/C14H18N2O4/c1-16(2)10-5-3-4-9(8-10)15-13(17)11-6-7-12(20-11)14(18)19/h3-5,8,11-12H,6-7H2,1-2H3,(H,15,17)(H,18,19)/t11-,12+/m0/s1. The molecule has 2 N–H and O–H groups in total. The summed E-state index contributed by atoms with van der Waals surface area (Å²) in [7, 11) is 3.83. The number of carboxylic acids is 1. The molecule has 2 rings (SSSR count). The van der Waals surface area contributed by atoms with E-state index in [1.54, 1.807) is 6.07 Å². The van der Waals surface area contributed by atoms with E-state index in [0.717, 1.165) is 5.69 Å². The molecule has 0 radical (unpaired) electrons. The molecule has 0 saturated carbocycles. The molecule has 108 valence electrons. The first-order valence-corrected chi connectivity index (χ1v) is 6.44. The first-order chi connectivity index (χ1) is 9.47. The summed E-state index contributed by atoms with van der Waals surface area (Å²) in [5, 5.41) is 11.6. The number of nitrogens with zero attached hydrogens (tertiary/aromatic N) is 1. The summed E-state index contributed by atoms with van der Waals surface area (Å²) in [6.45, 7) is 0. The van der Waals surface area contributed by atoms with Crippen molar-refractivity contribution in [1.29, 1.82) is 0 Å². The van der Waals surface area contributed by atoms with Crippen LogP contribution in [0.5, 0.6) is 0 Å². The number of rotatable bonds is 4. The fraction of sp³-hybridized carbons (Fsp3) is 0.429. The van der Waals surface area contributed by atoms with Crippen molar-refractivity contribution < 1.29 is 19.4 Å². The highest BCUT2D eigenvalue weighted by Crippen LogP contribution is 2.22. The second kappa shape index (κ2) is 5.92. The molecule has 0 aromatic heterocycles. The third-order valence-electron chi connectivity index (χ3n) is 3.22. The average molecular weight is 278 g/mol. The van der Waals surface area contributed by atoms with Gasteiger partial charge in [0.05, 0.1) is 0 Å². The number of anilines is 2. The van der Waals surface area contributed by atoms with E-state index in [0.29, 0.717) is 18.5 Å². The minimum atomic E-state index is -1.02. The summed E-state index contributed by atoms with van der Waals surface area (Å²) in [5.41, 5.74) is 1.64. The Morgan fingerprint density at radius 1 is 1.30 bits per heavy atom. The normalized spacial score (nSPS) is 21.5. The Morgan fingerprint density at radius 3 is 2.60 bits per heavy atom. The lowest BCUT2D eigenvalue weighted by Crippen LogP contribution is -2.30. The SMILES string of the molecule is CN(C)c1cccc(NC(=O)[C@@H]2CC[C@H](C(=O)O)O2)c1. The van der Waals surface area contributed by atoms with Gasteiger partial charge in [0.1, 0.15) is 6.10 Å². The molecule has 0 spiro atoms. The van der Waals surface area contributed by atoms with E-state index in [9.17, 15) is 9.59 Å². The van der Waals surface area contributed by atoms with E-state index in [2.05, 4.69) is 5.32 Å². The van der Waals surface area contributed by atoms with Crippen LogP contribution in [0.25, 0.3) is 0 Å². The topological polar surface area (TPSA) is 78.9 Å². The van der Waals surface area contributed by atoms with Crippen molar-refractivity contribution in [2.75, 3.05) is 24.3 Å². The Hall–Kier alpha value is -2.08. The first-order valence-electron chi connectivity index (χ1n) is 6.44. The molecular formula is C14H18N2O4. The van der Waals surface area contributed by atoms with E-state index >= 15 is 0 Å². The van der Waals surface area contributed by atoms with Crippen molar-refractivity contribution in [3.05, 3.63) is 24.3 Å². The third-order valence-corrected chi connectivity index (χ3v) is 3.22. The summed E-state index contributed by atoms with van der Waals surface area (Å²) in [6, 6.07) is 7.42. The first kappa shape index (κ1) is 14.3. The zero-order chi connectivity index (χ0) is 14.7. The second-order valence-electron chi connectivity index (χ2n) is 4.96. The van der Waals surface area contributed by atoms with E-state index in [4.69, 9.17) is 9.84 Å². The van der Waals surface area contributed by atoms with Crippen LogP contribution >= 0.6 is 0 Å². The molecule has 1 heterocycles. The van der Waals surface area contributed by atoms with Gasteiger partial charge in [0.15, 0.2) is 6.10 Å². The van der Waals surface area contributed by atoms with Crippen molar-refractivity contribution in [1.82, 2.24) is 0 Å². The van der Waals surface area contributed by atoms with Crippen molar-refractivity contribution in [3.8, 4) is 0 Å². The number of carbonyl (C=O) groups excluding carboxylic acids is 1. The smallest absolute Gasteiger partial charge is 0.332 e. The minimum absolute atomic E-state index is 0.301. The number of hydrogen-bond acceptors (Lipinski definition) is 4. The monoisotopic (exact) mass is 278 g/mol. The van der Waals surface area contributed by atoms with Gasteiger partial charge in [-0.25, -0.2) is 4.79 Å². The van der Waals surface area contributed by atoms with Crippen molar-refractivity contribution in [2.45, 2.75) is 25.0 Å². The van der Waals surface area contributed by atoms with Gasteiger partial charge in [-0.15, -0.1) is 0 Å². The Kier molecular flexibility index (Phi) is 4.24. The number of hydrogen-bond donors (Lipinski definition) is 2. The maximum Gasteiger partial charge on any atom is 0.332 e. The maximum absolute atomic E-state index is 12.0. The number of carboxylic acid groups (broad SMARTS) is 1. The second-order valence-corrected chi connectivity index (χ2v) is 4.96. The highest BCUT2D eigenvalue weighted by atomic mass is 16.5. The van der Waals surface area contributed by atoms with Crippen molar-refractivity contribution >= 4 is 23.3 Å². The molecule has 1 aliphatic rings. The Morgan fingerprint density at radius 2 is 2.00 bits per heavy atom. The quantitative estimate of drug-likeness (QED) is 0.868. The number of amides is 1. The molecule has 1 fully saturated rings. The van der Waals surface area contributed by atoms with E-state index < -0.39 is 18.2 Å². The largest absolute Gasteiger partial charge is 0.479 e. The van der Waals surface area contributed by atoms with Gasteiger partial charge >= 0.3 is 5.97 Å². The van der Waals surface area contributed by atoms with Gasteiger partial charge in [-0.2, -0.15) is 0 Å². The summed E-state index contributed by atoms with van der Waals surface area (Å²) >= 11 is 0. The van der Waals surface area contributed by atoms with Gasteiger partial charge in [-0.3, -0.25) is 4.79 Å². The Balaban J connectivity index is 1.98. The van der Waals surface area contributed by atoms with Gasteiger partial charge in [0.25, 0.3) is 5.91 Å². The molecule has 1 aliphatic heterocycles. The number of nitrogens with one attached hydrogen (secondary N) is 1. The molecule has 1 saturated heterocycles. The van der Waals surface area contributed by atoms with Gasteiger partial charge in [0, 0.05) is 25.5 Å². The van der Waals surface area contributed by atoms with E-state index in [1.165, 1.54) is 0 Å². The Bertz CT molecular complexity index is 516. The number of aliphatic carboxylic acids is 1. The molecule has 0 unspecified atom stereocenters. The molecule has 20 heavy (non-hydrogen) atoms. The molecule has 2 atom stereocenters. The van der Waals surface area contributed by atoms with Crippen molar-refractivity contribution in [2.24, 2.45) is 0 Å². The molecule has 6 nitrogen and oxygen atoms in total. The lowest BCUT2D eigenvalue weighted by Gasteiger charge is -2.15. The lowest BCUT2D eigenvalue weighted by molar-refractivity contribution is -0.150. The third kappa shape index (κ3) is 3.27. The summed E-state index contributed by atoms with van der Waals surface area (Å²) in [4.78, 5) is 24.7. The number of benzene rings is 1. The van der Waals surface area contributed by atoms with Crippen LogP contribution in [-0.4, -0.2) is 43.3 Å². The summed E-state index contributed by atoms with van der Waals surface area (Å²) in [5.74, 6) is -1.32. The van der Waals surface area contributed by atoms with Crippen molar-refractivity contribution in [3.63, 3.8) is 0 Å². The van der Waals surface area contributed by atoms with Gasteiger partial charge in [-0.05, 0) is 31.0 Å². The number of ether oxygens (including phenoxy) is 1. The lowest BCUT2D eigenvalue weighted by atomic mass is 10.2. The van der Waals surface area contributed by atoms with E-state index in [1.807, 2.05) is 37.2 Å². The summed E-state index contributed by atoms with van der Waals surface area (Å²) in [6.07, 6.45) is -0.778. The molecule has 1 aromatic carbocycles. The predicted molar refractivity (Wildman–Crippen MR) is 74.9 cm³/mol. The fourth-order valence-corrected chi connectivity index (χ4v) is 2.10. The molecular weight excluding hydrogens is 260 g/mol. The van der Waals surface area contributed by atoms with Crippen LogP contribution in [0, 0.1) is 0 Å². The molecule has 1 aromatic rings. The van der Waals surface area contributed by atoms with Crippen LogP contribution in [0.3, 0.4) is 0 Å². The highest BCUT2D eigenvalue weighted by Gasteiger charge is 2.34. The fourth-order valence-electron chi connectivity index (χ4n) is 2.10. The zero-order valence-electron chi connectivity index (χ0n) is 11.5. The Labute approximate surface area is 117 Å². The van der Waals surface area contributed by atoms with Crippen LogP contribution in [0.15, 0.2) is 24.3 Å². The maximum atomic E-state index is 12.0. The minimum Gasteiger partial charge on any atom is -0.479 e. The van der Waals surface area contributed by atoms with Crippen LogP contribution in [0.2, 0.25) is 0 Å². The van der Waals surface area contributed by atoms with Gasteiger partial charge in [-0.1, -0.05) is 6.07 Å². The molecule has 0 bridgehead atoms. The van der Waals surface area contributed by atoms with Gasteiger partial charge < -0.3 is 20.1 Å². The number of carbonyl (C=O) groups is 2. The van der Waals surface area contributed by atoms with Crippen LogP contribution < -0.4 is 10.2 Å². The highest BCUT2D eigenvalue weighted by molar-refractivity contribution is 5.95. The molecule has 6 heteroatoms. The van der Waals surface area contributed by atoms with Gasteiger partial charge in [0.2, 0.25) is 0 Å². The predicted octanol–water partition coefficient (Wildman–Crippen LogP) is 1.32. The van der Waals surface area contributed by atoms with Crippen LogP contribution in [0.1, 0.15) is 12.8 Å². The zero-order valence-corrected chi connectivity index (χ0v) is 11.5. The average Bonchev–Trinajstić information content (AvgIpc) is 2.88. The van der Waals surface area contributed by atoms with Crippen LogP contribution in [-0.2, 0) is 14.3 Å². The van der Waals surface area contributed by atoms with Crippen LogP contribution in [0.4, 0.5) is 11.4 Å².